The Morgan fingerprint density at radius 2 is 1.29 bits per heavy atom. The van der Waals surface area contributed by atoms with E-state index in [0.29, 0.717) is 16.5 Å². The molecule has 1 aromatic heterocycles. The van der Waals surface area contributed by atoms with E-state index in [1.165, 1.54) is 4.53 Å². The molecule has 0 saturated heterocycles. The number of fused-ring (bicyclic) bond motifs is 1. The van der Waals surface area contributed by atoms with Crippen LogP contribution in [0, 0.1) is 0 Å². The Morgan fingerprint density at radius 3 is 1.88 bits per heavy atom. The van der Waals surface area contributed by atoms with E-state index in [1.807, 2.05) is 60.7 Å². The van der Waals surface area contributed by atoms with Gasteiger partial charge in [0.15, 0.2) is 5.82 Å². The first-order chi connectivity index (χ1) is 11.7. The minimum Gasteiger partial charge on any atom is -0.288 e. The number of hydrazine groups is 1. The third kappa shape index (κ3) is 2.60. The van der Waals surface area contributed by atoms with E-state index in [2.05, 4.69) is 5.43 Å². The van der Waals surface area contributed by atoms with Gasteiger partial charge in [-0.3, -0.25) is 5.43 Å². The van der Waals surface area contributed by atoms with Gasteiger partial charge in [-0.25, -0.2) is 9.97 Å². The predicted molar refractivity (Wildman–Crippen MR) is 98.2 cm³/mol. The maximum Gasteiger partial charge on any atom is 0.192 e. The van der Waals surface area contributed by atoms with Crippen molar-refractivity contribution >= 4 is 34.2 Å². The van der Waals surface area contributed by atoms with Gasteiger partial charge in [-0.05, 0) is 0 Å². The van der Waals surface area contributed by atoms with Crippen LogP contribution in [0.5, 0.6) is 0 Å². The fraction of sp³-hybridized carbons (Fsp3) is 0. The molecule has 2 heterocycles. The fourth-order valence-electron chi connectivity index (χ4n) is 2.56. The molecule has 0 amide bonds. The van der Waals surface area contributed by atoms with Crippen LogP contribution in [0.3, 0.4) is 0 Å². The number of halogens is 2. The molecule has 2 aromatic carbocycles. The van der Waals surface area contributed by atoms with E-state index in [9.17, 15) is 0 Å². The summed E-state index contributed by atoms with van der Waals surface area (Å²) in [5.41, 5.74) is 6.81. The fourth-order valence-corrected chi connectivity index (χ4v) is 2.90. The Bertz CT molecular complexity index is 911. The number of aromatic nitrogens is 2. The summed E-state index contributed by atoms with van der Waals surface area (Å²) >= 11 is 12.5. The minimum absolute atomic E-state index is 0.464. The van der Waals surface area contributed by atoms with E-state index < -0.39 is 0 Å². The molecule has 0 fully saturated rings. The van der Waals surface area contributed by atoms with Crippen LogP contribution in [0.15, 0.2) is 66.9 Å². The Hall–Kier alpha value is -2.56. The molecule has 0 saturated carbocycles. The molecule has 3 aromatic rings. The van der Waals surface area contributed by atoms with Crippen LogP contribution in [0.4, 0.5) is 5.82 Å². The summed E-state index contributed by atoms with van der Waals surface area (Å²) in [5.74, 6) is 0.475. The molecule has 1 aliphatic rings. The molecule has 0 spiro atoms. The summed E-state index contributed by atoms with van der Waals surface area (Å²) in [4.78, 5) is 9.50. The van der Waals surface area contributed by atoms with Crippen molar-refractivity contribution in [2.75, 3.05) is 4.53 Å². The molecular formula is C18H12Cl2N4. The molecule has 0 atom stereocenters. The third-order valence-corrected chi connectivity index (χ3v) is 4.23. The Morgan fingerprint density at radius 1 is 0.750 bits per heavy atom. The number of hydrogen-bond acceptors (Lipinski definition) is 4. The van der Waals surface area contributed by atoms with Crippen LogP contribution in [0.1, 0.15) is 5.69 Å². The summed E-state index contributed by atoms with van der Waals surface area (Å²) in [6.45, 7) is 0. The van der Waals surface area contributed by atoms with Gasteiger partial charge >= 0.3 is 0 Å². The quantitative estimate of drug-likeness (QED) is 0.669. The summed E-state index contributed by atoms with van der Waals surface area (Å²) in [5, 5.41) is 0.464. The highest BCUT2D eigenvalue weighted by molar-refractivity contribution is 6.49. The highest BCUT2D eigenvalue weighted by Crippen LogP contribution is 2.37. The molecule has 4 rings (SSSR count). The first-order valence-electron chi connectivity index (χ1n) is 7.35. The van der Waals surface area contributed by atoms with E-state index >= 15 is 0 Å². The minimum atomic E-state index is 0.464. The predicted octanol–water partition coefficient (Wildman–Crippen LogP) is 4.83. The third-order valence-electron chi connectivity index (χ3n) is 3.69. The molecule has 4 nitrogen and oxygen atoms in total. The van der Waals surface area contributed by atoms with Gasteiger partial charge in [0.25, 0.3) is 0 Å². The van der Waals surface area contributed by atoms with Gasteiger partial charge in [0.1, 0.15) is 5.69 Å². The van der Waals surface area contributed by atoms with Gasteiger partial charge in [-0.1, -0.05) is 72.3 Å². The average molecular weight is 355 g/mol. The van der Waals surface area contributed by atoms with Crippen LogP contribution in [-0.2, 0) is 0 Å². The van der Waals surface area contributed by atoms with Crippen molar-refractivity contribution in [3.05, 3.63) is 72.6 Å². The Kier molecular flexibility index (Phi) is 3.84. The Balaban J connectivity index is 2.01. The first kappa shape index (κ1) is 15.0. The Labute approximate surface area is 149 Å². The maximum absolute atomic E-state index is 6.28. The zero-order chi connectivity index (χ0) is 16.5. The highest BCUT2D eigenvalue weighted by atomic mass is 35.5. The van der Waals surface area contributed by atoms with Crippen molar-refractivity contribution in [3.8, 4) is 22.5 Å². The number of nitrogens with zero attached hydrogens (tertiary/aromatic N) is 3. The summed E-state index contributed by atoms with van der Waals surface area (Å²) in [6, 6.07) is 19.8. The molecule has 118 valence electrons. The number of benzene rings is 2. The van der Waals surface area contributed by atoms with Crippen molar-refractivity contribution in [1.29, 1.82) is 0 Å². The summed E-state index contributed by atoms with van der Waals surface area (Å²) in [6.07, 6.45) is 1.59. The molecule has 0 bridgehead atoms. The van der Waals surface area contributed by atoms with Crippen molar-refractivity contribution in [2.24, 2.45) is 0 Å². The van der Waals surface area contributed by atoms with Crippen LogP contribution in [0.25, 0.3) is 27.5 Å². The SMILES string of the molecule is ClC1=CNN(Cl)c2nc(-c3ccccc3)c(-c3ccccc3)nc21. The van der Waals surface area contributed by atoms with Crippen LogP contribution < -0.4 is 9.95 Å². The number of hydrogen-bond donors (Lipinski definition) is 1. The van der Waals surface area contributed by atoms with E-state index in [1.54, 1.807) is 6.20 Å². The molecule has 1 aliphatic heterocycles. The van der Waals surface area contributed by atoms with Crippen molar-refractivity contribution in [3.63, 3.8) is 0 Å². The summed E-state index contributed by atoms with van der Waals surface area (Å²) in [7, 11) is 0. The smallest absolute Gasteiger partial charge is 0.192 e. The highest BCUT2D eigenvalue weighted by Gasteiger charge is 2.24. The second kappa shape index (κ2) is 6.15. The van der Waals surface area contributed by atoms with E-state index in [-0.39, 0.29) is 0 Å². The maximum atomic E-state index is 6.28. The molecule has 0 unspecified atom stereocenters. The van der Waals surface area contributed by atoms with Crippen molar-refractivity contribution in [2.45, 2.75) is 0 Å². The van der Waals surface area contributed by atoms with Crippen LogP contribution in [0.2, 0.25) is 0 Å². The topological polar surface area (TPSA) is 41.0 Å². The van der Waals surface area contributed by atoms with Crippen LogP contribution >= 0.6 is 23.4 Å². The van der Waals surface area contributed by atoms with Gasteiger partial charge in [0, 0.05) is 29.1 Å². The zero-order valence-electron chi connectivity index (χ0n) is 12.4. The normalized spacial score (nSPS) is 13.1. The largest absolute Gasteiger partial charge is 0.288 e. The van der Waals surface area contributed by atoms with Crippen molar-refractivity contribution in [1.82, 2.24) is 15.4 Å². The monoisotopic (exact) mass is 354 g/mol. The lowest BCUT2D eigenvalue weighted by molar-refractivity contribution is 0.902. The van der Waals surface area contributed by atoms with E-state index in [0.717, 1.165) is 22.5 Å². The lowest BCUT2D eigenvalue weighted by Gasteiger charge is -2.23. The second-order valence-electron chi connectivity index (χ2n) is 5.23. The first-order valence-corrected chi connectivity index (χ1v) is 8.06. The molecule has 6 heteroatoms. The van der Waals surface area contributed by atoms with Gasteiger partial charge < -0.3 is 0 Å². The molecule has 0 radical (unpaired) electrons. The number of nitrogens with one attached hydrogen (secondary N) is 1. The van der Waals surface area contributed by atoms with Gasteiger partial charge in [0.05, 0.1) is 16.4 Å². The lowest BCUT2D eigenvalue weighted by atomic mass is 10.0. The van der Waals surface area contributed by atoms with Gasteiger partial charge in [-0.15, -0.1) is 0 Å². The second-order valence-corrected chi connectivity index (χ2v) is 5.97. The van der Waals surface area contributed by atoms with Gasteiger partial charge in [-0.2, -0.15) is 4.53 Å². The number of anilines is 1. The van der Waals surface area contributed by atoms with E-state index in [4.69, 9.17) is 33.3 Å². The molecular weight excluding hydrogens is 343 g/mol. The number of rotatable bonds is 2. The standard InChI is InChI=1S/C18H12Cl2N4/c19-14-11-21-24(20)18-17(14)22-15(12-7-3-1-4-8-12)16(23-18)13-9-5-2-6-10-13/h1-11,21H. The zero-order valence-corrected chi connectivity index (χ0v) is 14.0. The average Bonchev–Trinajstić information content (AvgIpc) is 2.65. The molecule has 24 heavy (non-hydrogen) atoms. The molecule has 1 N–H and O–H groups in total. The van der Waals surface area contributed by atoms with Gasteiger partial charge in [0.2, 0.25) is 0 Å². The summed E-state index contributed by atoms with van der Waals surface area (Å²) < 4.78 is 1.29. The lowest BCUT2D eigenvalue weighted by Crippen LogP contribution is -2.29. The van der Waals surface area contributed by atoms with Crippen molar-refractivity contribution < 1.29 is 0 Å². The molecule has 0 aliphatic carbocycles. The van der Waals surface area contributed by atoms with Crippen LogP contribution in [-0.4, -0.2) is 9.97 Å².